The minimum Gasteiger partial charge on any atom is -0.297 e. The third-order valence-corrected chi connectivity index (χ3v) is 7.97. The average Bonchev–Trinajstić information content (AvgIpc) is 2.58. The van der Waals surface area contributed by atoms with Crippen LogP contribution in [-0.4, -0.2) is 33.1 Å². The van der Waals surface area contributed by atoms with E-state index in [2.05, 4.69) is 25.7 Å². The van der Waals surface area contributed by atoms with Crippen LogP contribution in [0.25, 0.3) is 0 Å². The molecule has 3 rings (SSSR count). The minimum atomic E-state index is -0.644. The van der Waals surface area contributed by atoms with Crippen LogP contribution in [-0.2, 0) is 4.79 Å². The molecule has 0 aromatic carbocycles. The molecule has 3 fully saturated rings. The first kappa shape index (κ1) is 17.0. The number of carbonyl (C=O) groups is 1. The summed E-state index contributed by atoms with van der Waals surface area (Å²) < 4.78 is -0.644. The van der Waals surface area contributed by atoms with Crippen molar-refractivity contribution in [3.63, 3.8) is 0 Å². The molecule has 0 unspecified atom stereocenters. The zero-order valence-corrected chi connectivity index (χ0v) is 16.2. The Kier molecular flexibility index (Phi) is 3.43. The molecule has 4 heteroatoms. The van der Waals surface area contributed by atoms with Gasteiger partial charge in [0.25, 0.3) is 0 Å². The molecule has 0 radical (unpaired) electrons. The van der Waals surface area contributed by atoms with Crippen molar-refractivity contribution in [3.8, 4) is 0 Å². The van der Waals surface area contributed by atoms with E-state index in [0.29, 0.717) is 5.78 Å². The van der Waals surface area contributed by atoms with Gasteiger partial charge in [-0.1, -0.05) is 27.2 Å². The Bertz CT molecular complexity index is 510. The van der Waals surface area contributed by atoms with Crippen molar-refractivity contribution in [2.45, 2.75) is 83.1 Å². The number of alkyl halides is 2. The fourth-order valence-corrected chi connectivity index (χ4v) is 6.26. The molecule has 0 aromatic heterocycles. The summed E-state index contributed by atoms with van der Waals surface area (Å²) in [6, 6.07) is -0.0585. The lowest BCUT2D eigenvalue weighted by Gasteiger charge is -2.38. The van der Waals surface area contributed by atoms with Gasteiger partial charge in [0.2, 0.25) is 0 Å². The number of nitrogens with zero attached hydrogens (tertiary/aromatic N) is 1. The maximum Gasteiger partial charge on any atom is 0.155 e. The van der Waals surface area contributed by atoms with E-state index in [-0.39, 0.29) is 27.8 Å². The van der Waals surface area contributed by atoms with Gasteiger partial charge in [0.1, 0.15) is 4.33 Å². The van der Waals surface area contributed by atoms with Crippen LogP contribution in [0.5, 0.6) is 0 Å². The molecule has 126 valence electrons. The maximum atomic E-state index is 13.0. The molecule has 2 spiro atoms. The Morgan fingerprint density at radius 3 is 1.91 bits per heavy atom. The van der Waals surface area contributed by atoms with Gasteiger partial charge in [0.15, 0.2) is 5.78 Å². The number of rotatable bonds is 1. The molecule has 22 heavy (non-hydrogen) atoms. The summed E-state index contributed by atoms with van der Waals surface area (Å²) in [4.78, 5) is 15.4. The van der Waals surface area contributed by atoms with Gasteiger partial charge in [-0.15, -0.1) is 23.2 Å². The highest BCUT2D eigenvalue weighted by Gasteiger charge is 2.89. The molecule has 0 bridgehead atoms. The molecule has 0 amide bonds. The van der Waals surface area contributed by atoms with Crippen LogP contribution in [0.2, 0.25) is 0 Å². The van der Waals surface area contributed by atoms with Crippen LogP contribution in [0.3, 0.4) is 0 Å². The molecule has 0 aromatic rings. The van der Waals surface area contributed by atoms with E-state index >= 15 is 0 Å². The highest BCUT2D eigenvalue weighted by Crippen LogP contribution is 2.88. The summed E-state index contributed by atoms with van der Waals surface area (Å²) in [6.45, 7) is 13.5. The highest BCUT2D eigenvalue weighted by molar-refractivity contribution is 6.52. The zero-order chi connectivity index (χ0) is 16.8. The topological polar surface area (TPSA) is 20.3 Å². The lowest BCUT2D eigenvalue weighted by Crippen LogP contribution is -2.50. The zero-order valence-electron chi connectivity index (χ0n) is 14.7. The lowest BCUT2D eigenvalue weighted by molar-refractivity contribution is -0.132. The van der Waals surface area contributed by atoms with E-state index in [9.17, 15) is 4.79 Å². The Morgan fingerprint density at radius 2 is 1.59 bits per heavy atom. The van der Waals surface area contributed by atoms with Gasteiger partial charge in [0.05, 0.1) is 6.04 Å². The number of carbonyl (C=O) groups excluding carboxylic acids is 1. The van der Waals surface area contributed by atoms with E-state index in [0.717, 1.165) is 25.8 Å². The van der Waals surface area contributed by atoms with Crippen molar-refractivity contribution < 1.29 is 4.79 Å². The largest absolute Gasteiger partial charge is 0.297 e. The Labute approximate surface area is 144 Å². The van der Waals surface area contributed by atoms with Crippen molar-refractivity contribution in [2.24, 2.45) is 16.2 Å². The summed E-state index contributed by atoms with van der Waals surface area (Å²) in [5.41, 5.74) is -0.394. The van der Waals surface area contributed by atoms with Gasteiger partial charge in [0, 0.05) is 28.3 Å². The van der Waals surface area contributed by atoms with Crippen LogP contribution >= 0.6 is 23.2 Å². The molecule has 2 atom stereocenters. The van der Waals surface area contributed by atoms with Crippen LogP contribution < -0.4 is 0 Å². The lowest BCUT2D eigenvalue weighted by atomic mass is 9.73. The van der Waals surface area contributed by atoms with Crippen molar-refractivity contribution in [1.29, 1.82) is 0 Å². The number of likely N-dealkylation sites (tertiary alicyclic amines) is 1. The maximum absolute atomic E-state index is 13.0. The number of halogens is 2. The van der Waals surface area contributed by atoms with Crippen LogP contribution in [0, 0.1) is 16.2 Å². The van der Waals surface area contributed by atoms with E-state index in [1.54, 1.807) is 0 Å². The molecule has 3 aliphatic rings. The van der Waals surface area contributed by atoms with Crippen LogP contribution in [0.4, 0.5) is 0 Å². The smallest absolute Gasteiger partial charge is 0.155 e. The predicted octanol–water partition coefficient (Wildman–Crippen LogP) is 4.82. The van der Waals surface area contributed by atoms with Crippen molar-refractivity contribution >= 4 is 29.0 Å². The predicted molar refractivity (Wildman–Crippen MR) is 92.5 cm³/mol. The first-order chi connectivity index (χ1) is 9.80. The third kappa shape index (κ3) is 1.87. The Morgan fingerprint density at radius 1 is 1.05 bits per heavy atom. The molecular formula is C18H29Cl2NO. The minimum absolute atomic E-state index is 0.0491. The van der Waals surface area contributed by atoms with Crippen molar-refractivity contribution in [2.75, 3.05) is 6.54 Å². The number of fused-ring (bicyclic) bond motifs is 1. The second kappa shape index (κ2) is 4.43. The molecule has 0 N–H and O–H groups in total. The molecule has 2 aliphatic carbocycles. The van der Waals surface area contributed by atoms with E-state index in [4.69, 9.17) is 23.2 Å². The summed E-state index contributed by atoms with van der Waals surface area (Å²) >= 11 is 13.6. The quantitative estimate of drug-likeness (QED) is 0.635. The summed E-state index contributed by atoms with van der Waals surface area (Å²) in [5.74, 6) is 0.324. The number of ketones is 1. The van der Waals surface area contributed by atoms with Gasteiger partial charge < -0.3 is 0 Å². The molecule has 1 heterocycles. The molecule has 1 aliphatic heterocycles. The Balaban J connectivity index is 1.96. The summed E-state index contributed by atoms with van der Waals surface area (Å²) in [6.07, 6.45) is 4.28. The summed E-state index contributed by atoms with van der Waals surface area (Å²) in [5, 5.41) is 0. The Hall–Kier alpha value is 0.210. The highest BCUT2D eigenvalue weighted by atomic mass is 35.5. The molecule has 1 saturated heterocycles. The van der Waals surface area contributed by atoms with Gasteiger partial charge in [-0.05, 0) is 40.0 Å². The average molecular weight is 346 g/mol. The standard InChI is InChI=1S/C18H29Cl2NO/c1-14(2,3)13(22)12-10-17(11-21(12)15(4,5)6)16(8-7-9-16)18(17,19)20/h12H,7-11H2,1-6H3/t12-,17+/m0/s1. The number of hydrogen-bond acceptors (Lipinski definition) is 2. The van der Waals surface area contributed by atoms with Gasteiger partial charge in [-0.25, -0.2) is 0 Å². The van der Waals surface area contributed by atoms with Gasteiger partial charge >= 0.3 is 0 Å². The number of hydrogen-bond donors (Lipinski definition) is 0. The SMILES string of the molecule is CC(C)(C)C(=O)[C@@H]1C[C@]2(CN1C(C)(C)C)C(Cl)(Cl)C21CCC1. The van der Waals surface area contributed by atoms with Crippen molar-refractivity contribution in [3.05, 3.63) is 0 Å². The molecule has 2 saturated carbocycles. The fraction of sp³-hybridized carbons (Fsp3) is 0.944. The van der Waals surface area contributed by atoms with E-state index < -0.39 is 4.33 Å². The molecular weight excluding hydrogens is 317 g/mol. The van der Waals surface area contributed by atoms with Crippen LogP contribution in [0.1, 0.15) is 67.2 Å². The first-order valence-corrected chi connectivity index (χ1v) is 9.25. The second-order valence-corrected chi connectivity index (χ2v) is 11.1. The van der Waals surface area contributed by atoms with Gasteiger partial charge in [-0.2, -0.15) is 0 Å². The number of Topliss-reactive ketones (excluding diaryl/α,β-unsaturated/α-hetero) is 1. The van der Waals surface area contributed by atoms with Crippen LogP contribution in [0.15, 0.2) is 0 Å². The summed E-state index contributed by atoms with van der Waals surface area (Å²) in [7, 11) is 0. The first-order valence-electron chi connectivity index (χ1n) is 8.49. The van der Waals surface area contributed by atoms with E-state index in [1.807, 2.05) is 20.8 Å². The molecule has 2 nitrogen and oxygen atoms in total. The second-order valence-electron chi connectivity index (χ2n) is 9.73. The van der Waals surface area contributed by atoms with Gasteiger partial charge in [-0.3, -0.25) is 9.69 Å². The fourth-order valence-electron chi connectivity index (χ4n) is 4.98. The van der Waals surface area contributed by atoms with E-state index in [1.165, 1.54) is 6.42 Å². The van der Waals surface area contributed by atoms with Crippen molar-refractivity contribution in [1.82, 2.24) is 4.90 Å². The normalized spacial score (nSPS) is 36.6. The third-order valence-electron chi connectivity index (χ3n) is 6.52. The monoisotopic (exact) mass is 345 g/mol.